The summed E-state index contributed by atoms with van der Waals surface area (Å²) in [5, 5.41) is 37.6. The number of nitrogens with zero attached hydrogens (tertiary/aromatic N) is 1. The number of H-pyrrole nitrogens is 1. The van der Waals surface area contributed by atoms with E-state index in [1.54, 1.807) is 18.3 Å². The fraction of sp³-hybridized carbons (Fsp3) is 0. The molecule has 0 bridgehead atoms. The van der Waals surface area contributed by atoms with E-state index in [1.165, 1.54) is 24.3 Å². The number of phenolic OH excluding ortho intramolecular Hbond substituents is 4. The molecular weight excluding hydrogens is 272 g/mol. The Morgan fingerprint density at radius 3 is 1.90 bits per heavy atom. The van der Waals surface area contributed by atoms with Crippen molar-refractivity contribution < 1.29 is 20.4 Å². The molecule has 0 fully saturated rings. The van der Waals surface area contributed by atoms with E-state index in [-0.39, 0.29) is 23.0 Å². The van der Waals surface area contributed by atoms with Gasteiger partial charge in [0.2, 0.25) is 0 Å². The summed E-state index contributed by atoms with van der Waals surface area (Å²) in [7, 11) is 0. The van der Waals surface area contributed by atoms with Crippen molar-refractivity contribution >= 4 is 0 Å². The van der Waals surface area contributed by atoms with Crippen LogP contribution in [-0.4, -0.2) is 30.4 Å². The molecule has 0 amide bonds. The first-order chi connectivity index (χ1) is 10.0. The van der Waals surface area contributed by atoms with Gasteiger partial charge in [-0.3, -0.25) is 0 Å². The van der Waals surface area contributed by atoms with Gasteiger partial charge in [0.05, 0.1) is 11.9 Å². The largest absolute Gasteiger partial charge is 0.504 e. The summed E-state index contributed by atoms with van der Waals surface area (Å²) in [5.41, 5.74) is 1.92. The predicted molar refractivity (Wildman–Crippen MR) is 76.1 cm³/mol. The van der Waals surface area contributed by atoms with Crippen LogP contribution in [0.4, 0.5) is 0 Å². The lowest BCUT2D eigenvalue weighted by Crippen LogP contribution is -1.82. The van der Waals surface area contributed by atoms with Crippen LogP contribution in [0.1, 0.15) is 0 Å². The second-order valence-corrected chi connectivity index (χ2v) is 4.55. The van der Waals surface area contributed by atoms with Crippen molar-refractivity contribution in [3.63, 3.8) is 0 Å². The zero-order valence-corrected chi connectivity index (χ0v) is 10.8. The molecular formula is C15H12N2O4. The van der Waals surface area contributed by atoms with Gasteiger partial charge >= 0.3 is 0 Å². The van der Waals surface area contributed by atoms with Crippen molar-refractivity contribution in [3.05, 3.63) is 42.6 Å². The van der Waals surface area contributed by atoms with Crippen molar-refractivity contribution in [2.24, 2.45) is 0 Å². The molecule has 106 valence electrons. The highest BCUT2D eigenvalue weighted by molar-refractivity contribution is 5.68. The number of hydrogen-bond donors (Lipinski definition) is 5. The first kappa shape index (κ1) is 12.9. The topological polar surface area (TPSA) is 110 Å². The van der Waals surface area contributed by atoms with Gasteiger partial charge in [0.15, 0.2) is 23.0 Å². The Balaban J connectivity index is 1.99. The molecule has 0 radical (unpaired) electrons. The average molecular weight is 284 g/mol. The summed E-state index contributed by atoms with van der Waals surface area (Å²) in [6, 6.07) is 8.83. The van der Waals surface area contributed by atoms with Gasteiger partial charge in [0, 0.05) is 11.1 Å². The van der Waals surface area contributed by atoms with Crippen LogP contribution in [-0.2, 0) is 0 Å². The van der Waals surface area contributed by atoms with Gasteiger partial charge in [-0.25, -0.2) is 4.98 Å². The molecule has 0 aliphatic heterocycles. The standard InChI is InChI=1S/C15H12N2O4/c18-11-3-1-8(5-13(11)20)10-7-16-15(17-10)9-2-4-12(19)14(21)6-9/h1-7,18-21H,(H,16,17). The molecule has 3 aromatic rings. The molecule has 0 spiro atoms. The van der Waals surface area contributed by atoms with Gasteiger partial charge < -0.3 is 25.4 Å². The molecule has 6 nitrogen and oxygen atoms in total. The molecule has 21 heavy (non-hydrogen) atoms. The van der Waals surface area contributed by atoms with E-state index >= 15 is 0 Å². The molecule has 0 saturated heterocycles. The van der Waals surface area contributed by atoms with E-state index in [4.69, 9.17) is 0 Å². The van der Waals surface area contributed by atoms with E-state index in [1.807, 2.05) is 0 Å². The number of hydrogen-bond acceptors (Lipinski definition) is 5. The number of phenols is 4. The minimum atomic E-state index is -0.229. The Bertz CT molecular complexity index is 745. The lowest BCUT2D eigenvalue weighted by atomic mass is 10.1. The minimum absolute atomic E-state index is 0.193. The Labute approximate surface area is 119 Å². The van der Waals surface area contributed by atoms with Crippen molar-refractivity contribution in [2.75, 3.05) is 0 Å². The van der Waals surface area contributed by atoms with Crippen LogP contribution in [0, 0.1) is 0 Å². The normalized spacial score (nSPS) is 10.7. The van der Waals surface area contributed by atoms with Crippen molar-refractivity contribution in [3.8, 4) is 45.6 Å². The SMILES string of the molecule is Oc1ccc(-c2cnc(-c3ccc(O)c(O)c3)[nH]2)cc1O. The van der Waals surface area contributed by atoms with E-state index in [9.17, 15) is 20.4 Å². The zero-order chi connectivity index (χ0) is 15.0. The maximum absolute atomic E-state index is 9.51. The van der Waals surface area contributed by atoms with E-state index in [0.717, 1.165) is 0 Å². The Kier molecular flexibility index (Phi) is 2.91. The molecule has 0 saturated carbocycles. The third-order valence-corrected chi connectivity index (χ3v) is 3.11. The molecule has 6 heteroatoms. The maximum Gasteiger partial charge on any atom is 0.158 e. The Morgan fingerprint density at radius 1 is 0.714 bits per heavy atom. The minimum Gasteiger partial charge on any atom is -0.504 e. The Hall–Kier alpha value is -3.15. The van der Waals surface area contributed by atoms with Crippen LogP contribution in [0.15, 0.2) is 42.6 Å². The summed E-state index contributed by atoms with van der Waals surface area (Å²) in [4.78, 5) is 7.24. The van der Waals surface area contributed by atoms with Gasteiger partial charge in [-0.1, -0.05) is 0 Å². The highest BCUT2D eigenvalue weighted by Gasteiger charge is 2.09. The second kappa shape index (κ2) is 4.75. The zero-order valence-electron chi connectivity index (χ0n) is 10.8. The van der Waals surface area contributed by atoms with Gasteiger partial charge in [-0.15, -0.1) is 0 Å². The van der Waals surface area contributed by atoms with Crippen LogP contribution < -0.4 is 0 Å². The van der Waals surface area contributed by atoms with Gasteiger partial charge in [0.25, 0.3) is 0 Å². The number of imidazole rings is 1. The van der Waals surface area contributed by atoms with E-state index in [0.29, 0.717) is 22.6 Å². The predicted octanol–water partition coefficient (Wildman–Crippen LogP) is 2.57. The second-order valence-electron chi connectivity index (χ2n) is 4.55. The number of rotatable bonds is 2. The van der Waals surface area contributed by atoms with Crippen LogP contribution in [0.3, 0.4) is 0 Å². The highest BCUT2D eigenvalue weighted by Crippen LogP contribution is 2.32. The fourth-order valence-electron chi connectivity index (χ4n) is 1.98. The average Bonchev–Trinajstić information content (AvgIpc) is 2.94. The maximum atomic E-state index is 9.51. The molecule has 3 rings (SSSR count). The van der Waals surface area contributed by atoms with Crippen LogP contribution >= 0.6 is 0 Å². The number of benzene rings is 2. The molecule has 5 N–H and O–H groups in total. The lowest BCUT2D eigenvalue weighted by molar-refractivity contribution is 0.404. The van der Waals surface area contributed by atoms with Gasteiger partial charge in [-0.2, -0.15) is 0 Å². The summed E-state index contributed by atoms with van der Waals surface area (Å²) in [5.74, 6) is -0.331. The first-order valence-corrected chi connectivity index (χ1v) is 6.14. The molecule has 0 aliphatic rings. The fourth-order valence-corrected chi connectivity index (χ4v) is 1.98. The van der Waals surface area contributed by atoms with E-state index < -0.39 is 0 Å². The number of aromatic amines is 1. The molecule has 2 aromatic carbocycles. The van der Waals surface area contributed by atoms with Crippen LogP contribution in [0.5, 0.6) is 23.0 Å². The summed E-state index contributed by atoms with van der Waals surface area (Å²) >= 11 is 0. The van der Waals surface area contributed by atoms with E-state index in [2.05, 4.69) is 9.97 Å². The molecule has 1 heterocycles. The summed E-state index contributed by atoms with van der Waals surface area (Å²) < 4.78 is 0. The van der Waals surface area contributed by atoms with Crippen molar-refractivity contribution in [1.82, 2.24) is 9.97 Å². The third kappa shape index (κ3) is 2.34. The van der Waals surface area contributed by atoms with Crippen LogP contribution in [0.25, 0.3) is 22.6 Å². The molecule has 1 aromatic heterocycles. The molecule has 0 atom stereocenters. The van der Waals surface area contributed by atoms with Crippen LogP contribution in [0.2, 0.25) is 0 Å². The monoisotopic (exact) mass is 284 g/mol. The number of nitrogens with one attached hydrogen (secondary N) is 1. The Morgan fingerprint density at radius 2 is 1.29 bits per heavy atom. The first-order valence-electron chi connectivity index (χ1n) is 6.14. The summed E-state index contributed by atoms with van der Waals surface area (Å²) in [6.45, 7) is 0. The smallest absolute Gasteiger partial charge is 0.158 e. The quantitative estimate of drug-likeness (QED) is 0.465. The number of aromatic hydroxyl groups is 4. The van der Waals surface area contributed by atoms with Gasteiger partial charge in [0.1, 0.15) is 5.82 Å². The highest BCUT2D eigenvalue weighted by atomic mass is 16.3. The number of aromatic nitrogens is 2. The van der Waals surface area contributed by atoms with Crippen molar-refractivity contribution in [1.29, 1.82) is 0 Å². The third-order valence-electron chi connectivity index (χ3n) is 3.11. The molecule has 0 unspecified atom stereocenters. The lowest BCUT2D eigenvalue weighted by Gasteiger charge is -2.02. The van der Waals surface area contributed by atoms with Gasteiger partial charge in [-0.05, 0) is 36.4 Å². The molecule has 0 aliphatic carbocycles. The van der Waals surface area contributed by atoms with Crippen molar-refractivity contribution in [2.45, 2.75) is 0 Å². The summed E-state index contributed by atoms with van der Waals surface area (Å²) in [6.07, 6.45) is 1.57.